The molecule has 0 aliphatic heterocycles. The molecule has 1 aromatic carbocycles. The van der Waals surface area contributed by atoms with Crippen LogP contribution in [0.5, 0.6) is 0 Å². The number of carbonyl (C=O) groups is 2. The van der Waals surface area contributed by atoms with E-state index in [0.717, 1.165) is 0 Å². The van der Waals surface area contributed by atoms with Crippen molar-refractivity contribution in [3.8, 4) is 11.3 Å². The second kappa shape index (κ2) is 5.67. The molecule has 3 rings (SSSR count). The molecule has 0 bridgehead atoms. The van der Waals surface area contributed by atoms with Crippen LogP contribution in [-0.2, 0) is 9.59 Å². The predicted molar refractivity (Wildman–Crippen MR) is 81.1 cm³/mol. The third-order valence-electron chi connectivity index (χ3n) is 4.43. The zero-order valence-electron chi connectivity index (χ0n) is 12.4. The molecule has 1 heterocycles. The molecule has 0 radical (unpaired) electrons. The standard InChI is InChI=1S/C17H14F2N2O3/c18-11-4-1-9(2-5-11)13-6-3-10(8-21-13)12-7-17(12,16(23)24)14(19)15(20)22/h1-6,8,12,14H,7H2,(H2,20,22)(H,23,24)/t12-,14?,17-/m0/s1. The summed E-state index contributed by atoms with van der Waals surface area (Å²) in [6, 6.07) is 9.03. The van der Waals surface area contributed by atoms with E-state index in [1.807, 2.05) is 0 Å². The van der Waals surface area contributed by atoms with Crippen LogP contribution in [0.15, 0.2) is 42.6 Å². The van der Waals surface area contributed by atoms with Gasteiger partial charge in [-0.2, -0.15) is 0 Å². The molecule has 0 spiro atoms. The van der Waals surface area contributed by atoms with Gasteiger partial charge in [-0.15, -0.1) is 0 Å². The van der Waals surface area contributed by atoms with Crippen molar-refractivity contribution in [2.24, 2.45) is 11.1 Å². The van der Waals surface area contributed by atoms with Crippen molar-refractivity contribution in [3.05, 3.63) is 54.0 Å². The van der Waals surface area contributed by atoms with E-state index in [1.165, 1.54) is 18.3 Å². The zero-order chi connectivity index (χ0) is 17.5. The lowest BCUT2D eigenvalue weighted by atomic mass is 9.94. The van der Waals surface area contributed by atoms with Crippen molar-refractivity contribution < 1.29 is 23.5 Å². The molecule has 0 saturated heterocycles. The summed E-state index contributed by atoms with van der Waals surface area (Å²) in [5, 5.41) is 9.31. The maximum Gasteiger partial charge on any atom is 0.313 e. The van der Waals surface area contributed by atoms with Crippen LogP contribution in [0.2, 0.25) is 0 Å². The van der Waals surface area contributed by atoms with Crippen molar-refractivity contribution >= 4 is 11.9 Å². The van der Waals surface area contributed by atoms with Crippen LogP contribution in [0, 0.1) is 11.2 Å². The average Bonchev–Trinajstić information content (AvgIpc) is 3.32. The third-order valence-corrected chi connectivity index (χ3v) is 4.43. The van der Waals surface area contributed by atoms with E-state index in [2.05, 4.69) is 4.98 Å². The molecule has 1 aliphatic carbocycles. The third kappa shape index (κ3) is 2.51. The summed E-state index contributed by atoms with van der Waals surface area (Å²) in [6.07, 6.45) is -0.817. The smallest absolute Gasteiger partial charge is 0.313 e. The van der Waals surface area contributed by atoms with Gasteiger partial charge in [-0.25, -0.2) is 8.78 Å². The lowest BCUT2D eigenvalue weighted by molar-refractivity contribution is -0.149. The Labute approximate surface area is 136 Å². The molecular weight excluding hydrogens is 318 g/mol. The number of primary amides is 1. The van der Waals surface area contributed by atoms with Crippen LogP contribution in [0.1, 0.15) is 17.9 Å². The second-order valence-corrected chi connectivity index (χ2v) is 5.85. The normalized spacial score (nSPS) is 23.5. The number of rotatable bonds is 5. The minimum Gasteiger partial charge on any atom is -0.481 e. The summed E-state index contributed by atoms with van der Waals surface area (Å²) >= 11 is 0. The number of nitrogens with zero attached hydrogens (tertiary/aromatic N) is 1. The fourth-order valence-electron chi connectivity index (χ4n) is 2.98. The maximum absolute atomic E-state index is 14.0. The van der Waals surface area contributed by atoms with Gasteiger partial charge >= 0.3 is 5.97 Å². The number of carboxylic acid groups (broad SMARTS) is 1. The minimum atomic E-state index is -2.25. The van der Waals surface area contributed by atoms with Gasteiger partial charge < -0.3 is 10.8 Å². The van der Waals surface area contributed by atoms with Crippen LogP contribution < -0.4 is 5.73 Å². The van der Waals surface area contributed by atoms with Crippen molar-refractivity contribution in [1.29, 1.82) is 0 Å². The monoisotopic (exact) mass is 332 g/mol. The molecule has 1 amide bonds. The van der Waals surface area contributed by atoms with E-state index >= 15 is 0 Å². The summed E-state index contributed by atoms with van der Waals surface area (Å²) in [6.45, 7) is 0. The number of carbonyl (C=O) groups excluding carboxylic acids is 1. The lowest BCUT2D eigenvalue weighted by Crippen LogP contribution is -2.38. The van der Waals surface area contributed by atoms with Crippen LogP contribution in [-0.4, -0.2) is 28.1 Å². The summed E-state index contributed by atoms with van der Waals surface area (Å²) in [5.74, 6) is -3.69. The molecule has 1 aliphatic rings. The van der Waals surface area contributed by atoms with Gasteiger partial charge in [0.25, 0.3) is 5.91 Å². The largest absolute Gasteiger partial charge is 0.481 e. The second-order valence-electron chi connectivity index (χ2n) is 5.85. The van der Waals surface area contributed by atoms with Crippen LogP contribution in [0.25, 0.3) is 11.3 Å². The van der Waals surface area contributed by atoms with Crippen LogP contribution in [0.3, 0.4) is 0 Å². The topological polar surface area (TPSA) is 93.3 Å². The first-order valence-electron chi connectivity index (χ1n) is 7.25. The fraction of sp³-hybridized carbons (Fsp3) is 0.235. The summed E-state index contributed by atoms with van der Waals surface area (Å²) < 4.78 is 27.0. The minimum absolute atomic E-state index is 0.00991. The Balaban J connectivity index is 1.85. The van der Waals surface area contributed by atoms with Crippen LogP contribution >= 0.6 is 0 Å². The molecule has 1 aromatic heterocycles. The van der Waals surface area contributed by atoms with Gasteiger partial charge in [0.1, 0.15) is 11.2 Å². The highest BCUT2D eigenvalue weighted by Crippen LogP contribution is 2.62. The molecule has 1 saturated carbocycles. The van der Waals surface area contributed by atoms with E-state index < -0.39 is 29.4 Å². The first kappa shape index (κ1) is 16.0. The van der Waals surface area contributed by atoms with Crippen molar-refractivity contribution in [1.82, 2.24) is 4.98 Å². The number of halogens is 2. The Bertz CT molecular complexity index is 792. The number of alkyl halides is 1. The number of aliphatic carboxylic acids is 1. The Kier molecular flexibility index (Phi) is 3.79. The van der Waals surface area contributed by atoms with E-state index in [-0.39, 0.29) is 12.2 Å². The van der Waals surface area contributed by atoms with E-state index in [4.69, 9.17) is 5.73 Å². The molecule has 24 heavy (non-hydrogen) atoms. The molecule has 1 fully saturated rings. The van der Waals surface area contributed by atoms with Gasteiger partial charge in [0.2, 0.25) is 0 Å². The van der Waals surface area contributed by atoms with E-state index in [9.17, 15) is 23.5 Å². The van der Waals surface area contributed by atoms with Crippen molar-refractivity contribution in [2.45, 2.75) is 18.5 Å². The van der Waals surface area contributed by atoms with Crippen LogP contribution in [0.4, 0.5) is 8.78 Å². The number of benzene rings is 1. The SMILES string of the molecule is NC(=O)C(F)[C@]1(C(=O)O)C[C@H]1c1ccc(-c2ccc(F)cc2)nc1. The Morgan fingerprint density at radius 2 is 1.92 bits per heavy atom. The lowest BCUT2D eigenvalue weighted by Gasteiger charge is -2.15. The van der Waals surface area contributed by atoms with Crippen molar-refractivity contribution in [2.75, 3.05) is 0 Å². The maximum atomic E-state index is 14.0. The van der Waals surface area contributed by atoms with Gasteiger partial charge in [-0.05, 0) is 42.3 Å². The number of pyridine rings is 1. The number of amides is 1. The first-order valence-corrected chi connectivity index (χ1v) is 7.25. The number of hydrogen-bond acceptors (Lipinski definition) is 3. The van der Waals surface area contributed by atoms with Crippen molar-refractivity contribution in [3.63, 3.8) is 0 Å². The molecule has 3 atom stereocenters. The predicted octanol–water partition coefficient (Wildman–Crippen LogP) is 2.27. The molecule has 3 N–H and O–H groups in total. The summed E-state index contributed by atoms with van der Waals surface area (Å²) in [7, 11) is 0. The molecule has 5 nitrogen and oxygen atoms in total. The number of aromatic nitrogens is 1. The molecule has 7 heteroatoms. The number of nitrogens with two attached hydrogens (primary N) is 1. The number of carboxylic acids is 1. The highest BCUT2D eigenvalue weighted by Gasteiger charge is 2.68. The molecule has 2 aromatic rings. The summed E-state index contributed by atoms with van der Waals surface area (Å²) in [5.41, 5.74) is 4.91. The summed E-state index contributed by atoms with van der Waals surface area (Å²) in [4.78, 5) is 26.7. The zero-order valence-corrected chi connectivity index (χ0v) is 12.4. The first-order chi connectivity index (χ1) is 11.4. The highest BCUT2D eigenvalue weighted by molar-refractivity contribution is 5.91. The van der Waals surface area contributed by atoms with Gasteiger partial charge in [0.05, 0.1) is 5.69 Å². The van der Waals surface area contributed by atoms with Gasteiger partial charge in [0, 0.05) is 17.7 Å². The Hall–Kier alpha value is -2.83. The Morgan fingerprint density at radius 3 is 2.42 bits per heavy atom. The van der Waals surface area contributed by atoms with E-state index in [0.29, 0.717) is 16.8 Å². The number of hydrogen-bond donors (Lipinski definition) is 2. The fourth-order valence-corrected chi connectivity index (χ4v) is 2.98. The molecule has 1 unspecified atom stereocenters. The quantitative estimate of drug-likeness (QED) is 0.878. The van der Waals surface area contributed by atoms with Gasteiger partial charge in [-0.3, -0.25) is 14.6 Å². The highest BCUT2D eigenvalue weighted by atomic mass is 19.1. The van der Waals surface area contributed by atoms with Gasteiger partial charge in [0.15, 0.2) is 6.17 Å². The molecule has 124 valence electrons. The van der Waals surface area contributed by atoms with Gasteiger partial charge in [-0.1, -0.05) is 6.07 Å². The van der Waals surface area contributed by atoms with E-state index in [1.54, 1.807) is 24.3 Å². The Morgan fingerprint density at radius 1 is 1.25 bits per heavy atom. The average molecular weight is 332 g/mol. The molecular formula is C17H14F2N2O3.